The van der Waals surface area contributed by atoms with Crippen LogP contribution in [-0.4, -0.2) is 81.4 Å². The molecule has 0 aromatic heterocycles. The fourth-order valence-corrected chi connectivity index (χ4v) is 8.58. The van der Waals surface area contributed by atoms with E-state index in [0.29, 0.717) is 44.1 Å². The Morgan fingerprint density at radius 3 is 2.13 bits per heavy atom. The summed E-state index contributed by atoms with van der Waals surface area (Å²) >= 11 is 0. The zero-order valence-electron chi connectivity index (χ0n) is 21.6. The van der Waals surface area contributed by atoms with Crippen molar-refractivity contribution >= 4 is 33.4 Å². The van der Waals surface area contributed by atoms with Crippen LogP contribution in [0.1, 0.15) is 44.9 Å². The van der Waals surface area contributed by atoms with Crippen LogP contribution < -0.4 is 10.0 Å². The summed E-state index contributed by atoms with van der Waals surface area (Å²) in [5.41, 5.74) is -0.140. The van der Waals surface area contributed by atoms with E-state index in [1.54, 1.807) is 4.90 Å². The van der Waals surface area contributed by atoms with Crippen molar-refractivity contribution in [1.82, 2.24) is 9.80 Å². The zero-order valence-corrected chi connectivity index (χ0v) is 22.4. The van der Waals surface area contributed by atoms with E-state index in [2.05, 4.69) is 4.90 Å². The second kappa shape index (κ2) is 9.69. The first-order valence-electron chi connectivity index (χ1n) is 13.7. The minimum Gasteiger partial charge on any atom is -0.379 e. The fourth-order valence-electron chi connectivity index (χ4n) is 8.07. The smallest absolute Gasteiger partial charge is 0.257 e. The Kier molecular flexibility index (Phi) is 6.61. The Morgan fingerprint density at radius 1 is 1.00 bits per heavy atom. The van der Waals surface area contributed by atoms with Crippen LogP contribution in [0.3, 0.4) is 0 Å². The lowest BCUT2D eigenvalue weighted by molar-refractivity contribution is -0.162. The van der Waals surface area contributed by atoms with Gasteiger partial charge in [-0.2, -0.15) is 0 Å². The lowest BCUT2D eigenvalue weighted by Gasteiger charge is -2.57. The van der Waals surface area contributed by atoms with E-state index < -0.39 is 33.3 Å². The van der Waals surface area contributed by atoms with Crippen molar-refractivity contribution < 1.29 is 27.5 Å². The van der Waals surface area contributed by atoms with E-state index in [0.717, 1.165) is 37.3 Å². The van der Waals surface area contributed by atoms with Crippen LogP contribution in [0.5, 0.6) is 0 Å². The molecule has 2 aliphatic heterocycles. The molecule has 4 saturated carbocycles. The highest BCUT2D eigenvalue weighted by atomic mass is 32.2. The van der Waals surface area contributed by atoms with Crippen molar-refractivity contribution in [2.45, 2.75) is 55.9 Å². The van der Waals surface area contributed by atoms with Crippen molar-refractivity contribution in [3.8, 4) is 0 Å². The number of ether oxygens (including phenoxy) is 1. The lowest BCUT2D eigenvalue weighted by Crippen LogP contribution is -2.58. The van der Waals surface area contributed by atoms with Crippen molar-refractivity contribution in [2.75, 3.05) is 44.3 Å². The largest absolute Gasteiger partial charge is 0.379 e. The highest BCUT2D eigenvalue weighted by Gasteiger charge is 2.57. The number of anilines is 1. The van der Waals surface area contributed by atoms with E-state index in [4.69, 9.17) is 9.88 Å². The highest BCUT2D eigenvalue weighted by Crippen LogP contribution is 2.60. The SMILES string of the molecule is NS(=O)(=O)c1ccc(N2C(=O)CC(N(CCN3CCOCC3)C(=O)C34CC5CC(CC(C5)C3)C4)C2=O)cc1. The van der Waals surface area contributed by atoms with Crippen molar-refractivity contribution in [2.24, 2.45) is 28.3 Å². The molecule has 3 amide bonds. The van der Waals surface area contributed by atoms with Gasteiger partial charge < -0.3 is 9.64 Å². The maximum Gasteiger partial charge on any atom is 0.257 e. The minimum absolute atomic E-state index is 0.0439. The van der Waals surface area contributed by atoms with Gasteiger partial charge in [-0.15, -0.1) is 0 Å². The van der Waals surface area contributed by atoms with Gasteiger partial charge in [0.1, 0.15) is 6.04 Å². The van der Waals surface area contributed by atoms with Gasteiger partial charge in [0, 0.05) is 26.2 Å². The van der Waals surface area contributed by atoms with Gasteiger partial charge in [0.15, 0.2) is 0 Å². The van der Waals surface area contributed by atoms with E-state index >= 15 is 0 Å². The van der Waals surface area contributed by atoms with Gasteiger partial charge in [-0.05, 0) is 80.5 Å². The number of nitrogens with two attached hydrogens (primary N) is 1. The van der Waals surface area contributed by atoms with Gasteiger partial charge in [-0.25, -0.2) is 18.5 Å². The molecule has 2 heterocycles. The number of nitrogens with zero attached hydrogens (tertiary/aromatic N) is 3. The maximum atomic E-state index is 14.4. The molecule has 0 radical (unpaired) electrons. The number of morpholine rings is 1. The number of carbonyl (C=O) groups is 3. The maximum absolute atomic E-state index is 14.4. The molecule has 206 valence electrons. The molecule has 1 atom stereocenters. The predicted molar refractivity (Wildman–Crippen MR) is 138 cm³/mol. The normalized spacial score (nSPS) is 33.2. The topological polar surface area (TPSA) is 130 Å². The van der Waals surface area contributed by atoms with Crippen molar-refractivity contribution in [3.63, 3.8) is 0 Å². The molecule has 6 aliphatic rings. The van der Waals surface area contributed by atoms with Gasteiger partial charge >= 0.3 is 0 Å². The molecule has 0 spiro atoms. The van der Waals surface area contributed by atoms with E-state index in [1.807, 2.05) is 0 Å². The molecule has 6 fully saturated rings. The number of primary sulfonamides is 1. The van der Waals surface area contributed by atoms with E-state index in [9.17, 15) is 22.8 Å². The molecule has 4 bridgehead atoms. The molecule has 10 nitrogen and oxygen atoms in total. The summed E-state index contributed by atoms with van der Waals surface area (Å²) in [7, 11) is -3.90. The first-order valence-corrected chi connectivity index (χ1v) is 15.3. The summed E-state index contributed by atoms with van der Waals surface area (Å²) in [4.78, 5) is 46.3. The highest BCUT2D eigenvalue weighted by molar-refractivity contribution is 7.89. The summed E-state index contributed by atoms with van der Waals surface area (Å²) < 4.78 is 28.8. The van der Waals surface area contributed by atoms with Crippen LogP contribution in [0, 0.1) is 23.2 Å². The van der Waals surface area contributed by atoms with Crippen LogP contribution in [-0.2, 0) is 29.1 Å². The Bertz CT molecular complexity index is 1190. The lowest BCUT2D eigenvalue weighted by atomic mass is 9.49. The van der Waals surface area contributed by atoms with Gasteiger partial charge in [0.2, 0.25) is 21.8 Å². The fraction of sp³-hybridized carbons (Fsp3) is 0.667. The van der Waals surface area contributed by atoms with Gasteiger partial charge in [-0.1, -0.05) is 0 Å². The molecule has 1 unspecified atom stereocenters. The molecule has 11 heteroatoms. The van der Waals surface area contributed by atoms with Crippen LogP contribution in [0.2, 0.25) is 0 Å². The van der Waals surface area contributed by atoms with Crippen LogP contribution >= 0.6 is 0 Å². The van der Waals surface area contributed by atoms with Crippen molar-refractivity contribution in [3.05, 3.63) is 24.3 Å². The molecule has 4 aliphatic carbocycles. The van der Waals surface area contributed by atoms with E-state index in [1.165, 1.54) is 43.5 Å². The summed E-state index contributed by atoms with van der Waals surface area (Å²) in [6, 6.07) is 4.54. The summed E-state index contributed by atoms with van der Waals surface area (Å²) in [5, 5.41) is 5.20. The van der Waals surface area contributed by atoms with Crippen LogP contribution in [0.25, 0.3) is 0 Å². The number of carbonyl (C=O) groups excluding carboxylic acids is 3. The quantitative estimate of drug-likeness (QED) is 0.513. The minimum atomic E-state index is -3.90. The summed E-state index contributed by atoms with van der Waals surface area (Å²) in [6.07, 6.45) is 6.23. The number of sulfonamides is 1. The summed E-state index contributed by atoms with van der Waals surface area (Å²) in [5.74, 6) is 0.974. The Balaban J connectivity index is 1.27. The van der Waals surface area contributed by atoms with E-state index in [-0.39, 0.29) is 22.9 Å². The third kappa shape index (κ3) is 4.67. The van der Waals surface area contributed by atoms with Crippen LogP contribution in [0.4, 0.5) is 5.69 Å². The predicted octanol–water partition coefficient (Wildman–Crippen LogP) is 1.34. The molecular formula is C27H36N4O6S. The monoisotopic (exact) mass is 544 g/mol. The number of imide groups is 1. The third-order valence-electron chi connectivity index (χ3n) is 9.44. The Hall–Kier alpha value is -2.34. The molecule has 1 aromatic carbocycles. The number of hydrogen-bond acceptors (Lipinski definition) is 7. The van der Waals surface area contributed by atoms with Crippen molar-refractivity contribution in [1.29, 1.82) is 0 Å². The third-order valence-corrected chi connectivity index (χ3v) is 10.4. The molecule has 38 heavy (non-hydrogen) atoms. The second-order valence-electron chi connectivity index (χ2n) is 12.0. The molecule has 1 aromatic rings. The number of benzene rings is 1. The number of amides is 3. The zero-order chi connectivity index (χ0) is 26.7. The Labute approximate surface area is 223 Å². The molecule has 2 N–H and O–H groups in total. The number of rotatable bonds is 7. The standard InChI is InChI=1S/C27H36N4O6S/c28-38(35,36)22-3-1-21(2-4-22)31-24(32)14-23(25(31)33)30(6-5-29-7-9-37-10-8-29)26(34)27-15-18-11-19(16-27)13-20(12-18)17-27/h1-4,18-20,23H,5-17H2,(H2,28,35,36). The second-order valence-corrected chi connectivity index (χ2v) is 13.5. The van der Waals surface area contributed by atoms with Gasteiger partial charge in [0.05, 0.1) is 35.6 Å². The van der Waals surface area contributed by atoms with Gasteiger partial charge in [0.25, 0.3) is 5.91 Å². The average Bonchev–Trinajstić information content (AvgIpc) is 3.17. The van der Waals surface area contributed by atoms with Crippen LogP contribution in [0.15, 0.2) is 29.2 Å². The Morgan fingerprint density at radius 2 is 1.58 bits per heavy atom. The molecule has 2 saturated heterocycles. The molecule has 7 rings (SSSR count). The average molecular weight is 545 g/mol. The first kappa shape index (κ1) is 25.9. The van der Waals surface area contributed by atoms with Gasteiger partial charge in [-0.3, -0.25) is 19.3 Å². The molecular weight excluding hydrogens is 508 g/mol. The summed E-state index contributed by atoms with van der Waals surface area (Å²) in [6.45, 7) is 3.86. The first-order chi connectivity index (χ1) is 18.1. The number of hydrogen-bond donors (Lipinski definition) is 1.